The molecule has 0 amide bonds. The predicted octanol–water partition coefficient (Wildman–Crippen LogP) is 5.24. The van der Waals surface area contributed by atoms with Crippen molar-refractivity contribution in [1.82, 2.24) is 0 Å². The fourth-order valence-electron chi connectivity index (χ4n) is 2.34. The van der Waals surface area contributed by atoms with Gasteiger partial charge in [0.05, 0.1) is 7.11 Å². The summed E-state index contributed by atoms with van der Waals surface area (Å²) in [5, 5.41) is 0. The fourth-order valence-corrected chi connectivity index (χ4v) is 3.07. The predicted molar refractivity (Wildman–Crippen MR) is 88.7 cm³/mol. The molecule has 0 aromatic heterocycles. The molecule has 1 nitrogen and oxygen atoms in total. The van der Waals surface area contributed by atoms with Gasteiger partial charge in [0.1, 0.15) is 11.6 Å². The second-order valence-corrected chi connectivity index (χ2v) is 6.28. The number of ether oxygens (including phenoxy) is 1. The Kier molecular flexibility index (Phi) is 6.07. The Bertz CT molecular complexity index is 566. The number of hydrogen-bond donors (Lipinski definition) is 0. The van der Waals surface area contributed by atoms with E-state index >= 15 is 0 Å². The van der Waals surface area contributed by atoms with Crippen molar-refractivity contribution in [3.05, 3.63) is 63.9 Å². The van der Waals surface area contributed by atoms with Crippen LogP contribution < -0.4 is 4.74 Å². The maximum atomic E-state index is 13.4. The topological polar surface area (TPSA) is 9.23 Å². The van der Waals surface area contributed by atoms with Crippen molar-refractivity contribution < 1.29 is 9.13 Å². The normalized spacial score (nSPS) is 12.2. The maximum Gasteiger partial charge on any atom is 0.124 e. The Balaban J connectivity index is 2.05. The summed E-state index contributed by atoms with van der Waals surface area (Å²) in [5.74, 6) is 1.43. The summed E-state index contributed by atoms with van der Waals surface area (Å²) in [4.78, 5) is 0. The first-order chi connectivity index (χ1) is 10.1. The summed E-state index contributed by atoms with van der Waals surface area (Å²) in [6.07, 6.45) is 1.62. The smallest absolute Gasteiger partial charge is 0.124 e. The average molecular weight is 372 g/mol. The van der Waals surface area contributed by atoms with Gasteiger partial charge in [-0.1, -0.05) is 28.1 Å². The second-order valence-electron chi connectivity index (χ2n) is 5.05. The van der Waals surface area contributed by atoms with Crippen LogP contribution in [0.1, 0.15) is 11.1 Å². The molecule has 0 spiro atoms. The standard InChI is InChI=1S/C17H17BrClFO/c1-21-17-4-2-12(3-5-17)6-14(11-19)7-13-8-15(18)10-16(20)9-13/h2-5,8-10,14H,6-7,11H2,1H3. The van der Waals surface area contributed by atoms with Crippen molar-refractivity contribution in [1.29, 1.82) is 0 Å². The molecule has 0 aliphatic heterocycles. The highest BCUT2D eigenvalue weighted by Gasteiger charge is 2.11. The molecule has 1 unspecified atom stereocenters. The zero-order valence-electron chi connectivity index (χ0n) is 11.8. The zero-order valence-corrected chi connectivity index (χ0v) is 14.1. The van der Waals surface area contributed by atoms with E-state index in [1.165, 1.54) is 11.6 Å². The van der Waals surface area contributed by atoms with Crippen molar-refractivity contribution in [3.63, 3.8) is 0 Å². The van der Waals surface area contributed by atoms with E-state index in [0.717, 1.165) is 28.6 Å². The third-order valence-corrected chi connectivity index (χ3v) is 4.24. The van der Waals surface area contributed by atoms with E-state index in [9.17, 15) is 4.39 Å². The van der Waals surface area contributed by atoms with E-state index in [-0.39, 0.29) is 11.7 Å². The highest BCUT2D eigenvalue weighted by Crippen LogP contribution is 2.21. The van der Waals surface area contributed by atoms with Crippen molar-refractivity contribution in [2.45, 2.75) is 12.8 Å². The molecule has 2 aromatic rings. The molecule has 0 fully saturated rings. The van der Waals surface area contributed by atoms with Gasteiger partial charge in [0.15, 0.2) is 0 Å². The lowest BCUT2D eigenvalue weighted by Crippen LogP contribution is -2.10. The van der Waals surface area contributed by atoms with Crippen LogP contribution in [-0.4, -0.2) is 13.0 Å². The molecule has 112 valence electrons. The SMILES string of the molecule is COc1ccc(CC(CCl)Cc2cc(F)cc(Br)c2)cc1. The molecule has 0 bridgehead atoms. The minimum absolute atomic E-state index is 0.225. The third-order valence-electron chi connectivity index (χ3n) is 3.35. The third kappa shape index (κ3) is 5.01. The Hall–Kier alpha value is -1.06. The van der Waals surface area contributed by atoms with E-state index in [1.54, 1.807) is 13.2 Å². The van der Waals surface area contributed by atoms with Crippen LogP contribution in [0.15, 0.2) is 46.9 Å². The lowest BCUT2D eigenvalue weighted by molar-refractivity contribution is 0.414. The average Bonchev–Trinajstić information content (AvgIpc) is 2.46. The molecular weight excluding hydrogens is 355 g/mol. The van der Waals surface area contributed by atoms with E-state index in [2.05, 4.69) is 15.9 Å². The maximum absolute atomic E-state index is 13.4. The lowest BCUT2D eigenvalue weighted by Gasteiger charge is -2.15. The van der Waals surface area contributed by atoms with Gasteiger partial charge in [0.2, 0.25) is 0 Å². The number of rotatable bonds is 6. The quantitative estimate of drug-likeness (QED) is 0.631. The van der Waals surface area contributed by atoms with E-state index in [1.807, 2.05) is 30.3 Å². The summed E-state index contributed by atoms with van der Waals surface area (Å²) >= 11 is 9.40. The van der Waals surface area contributed by atoms with Crippen molar-refractivity contribution in [2.75, 3.05) is 13.0 Å². The Morgan fingerprint density at radius 1 is 1.10 bits per heavy atom. The van der Waals surface area contributed by atoms with E-state index < -0.39 is 0 Å². The number of benzene rings is 2. The molecule has 0 aliphatic rings. The lowest BCUT2D eigenvalue weighted by atomic mass is 9.94. The summed E-state index contributed by atoms with van der Waals surface area (Å²) < 4.78 is 19.3. The minimum atomic E-state index is -0.225. The van der Waals surface area contributed by atoms with Crippen LogP contribution in [0.25, 0.3) is 0 Å². The molecule has 21 heavy (non-hydrogen) atoms. The molecule has 1 atom stereocenters. The number of halogens is 3. The first-order valence-electron chi connectivity index (χ1n) is 6.74. The van der Waals surface area contributed by atoms with Crippen LogP contribution in [0, 0.1) is 11.7 Å². The summed E-state index contributed by atoms with van der Waals surface area (Å²) in [5.41, 5.74) is 2.16. The molecule has 0 N–H and O–H groups in total. The number of methoxy groups -OCH3 is 1. The molecule has 0 aliphatic carbocycles. The highest BCUT2D eigenvalue weighted by atomic mass is 79.9. The van der Waals surface area contributed by atoms with Gasteiger partial charge >= 0.3 is 0 Å². The largest absolute Gasteiger partial charge is 0.497 e. The molecule has 0 saturated carbocycles. The van der Waals surface area contributed by atoms with Gasteiger partial charge in [-0.05, 0) is 60.2 Å². The van der Waals surface area contributed by atoms with Crippen molar-refractivity contribution >= 4 is 27.5 Å². The molecule has 2 aromatic carbocycles. The Morgan fingerprint density at radius 3 is 2.33 bits per heavy atom. The summed E-state index contributed by atoms with van der Waals surface area (Å²) in [6.45, 7) is 0. The van der Waals surface area contributed by atoms with E-state index in [4.69, 9.17) is 16.3 Å². The van der Waals surface area contributed by atoms with Gasteiger partial charge in [-0.25, -0.2) is 4.39 Å². The van der Waals surface area contributed by atoms with Gasteiger partial charge in [-0.2, -0.15) is 0 Å². The molecule has 0 heterocycles. The van der Waals surface area contributed by atoms with Gasteiger partial charge in [-0.3, -0.25) is 0 Å². The van der Waals surface area contributed by atoms with Gasteiger partial charge in [-0.15, -0.1) is 11.6 Å². The van der Waals surface area contributed by atoms with Crippen LogP contribution in [0.2, 0.25) is 0 Å². The molecule has 0 saturated heterocycles. The number of alkyl halides is 1. The van der Waals surface area contributed by atoms with Crippen LogP contribution >= 0.6 is 27.5 Å². The van der Waals surface area contributed by atoms with Crippen LogP contribution in [-0.2, 0) is 12.8 Å². The second kappa shape index (κ2) is 7.81. The fraction of sp³-hybridized carbons (Fsp3) is 0.294. The monoisotopic (exact) mass is 370 g/mol. The molecule has 2 rings (SSSR count). The summed E-state index contributed by atoms with van der Waals surface area (Å²) in [6, 6.07) is 12.9. The minimum Gasteiger partial charge on any atom is -0.497 e. The molecule has 0 radical (unpaired) electrons. The summed E-state index contributed by atoms with van der Waals surface area (Å²) in [7, 11) is 1.65. The van der Waals surface area contributed by atoms with E-state index in [0.29, 0.717) is 5.88 Å². The number of hydrogen-bond acceptors (Lipinski definition) is 1. The van der Waals surface area contributed by atoms with Gasteiger partial charge in [0.25, 0.3) is 0 Å². The van der Waals surface area contributed by atoms with Gasteiger partial charge < -0.3 is 4.74 Å². The first-order valence-corrected chi connectivity index (χ1v) is 8.07. The van der Waals surface area contributed by atoms with Crippen LogP contribution in [0.5, 0.6) is 5.75 Å². The zero-order chi connectivity index (χ0) is 15.2. The van der Waals surface area contributed by atoms with Crippen molar-refractivity contribution in [2.24, 2.45) is 5.92 Å². The van der Waals surface area contributed by atoms with Crippen LogP contribution in [0.3, 0.4) is 0 Å². The van der Waals surface area contributed by atoms with Crippen LogP contribution in [0.4, 0.5) is 4.39 Å². The Morgan fingerprint density at radius 2 is 1.76 bits per heavy atom. The van der Waals surface area contributed by atoms with Crippen molar-refractivity contribution in [3.8, 4) is 5.75 Å². The Labute approximate surface area is 138 Å². The first kappa shape index (κ1) is 16.3. The highest BCUT2D eigenvalue weighted by molar-refractivity contribution is 9.10. The molecule has 4 heteroatoms. The van der Waals surface area contributed by atoms with Gasteiger partial charge in [0, 0.05) is 10.4 Å². The molecular formula is C17H17BrClFO.